The van der Waals surface area contributed by atoms with Crippen LogP contribution in [0.1, 0.15) is 15.9 Å². The van der Waals surface area contributed by atoms with Crippen molar-refractivity contribution in [2.24, 2.45) is 5.84 Å². The molecule has 0 aromatic heterocycles. The Kier molecular flexibility index (Phi) is 4.33. The Morgan fingerprint density at radius 3 is 2.67 bits per heavy atom. The number of hydrazine groups is 1. The van der Waals surface area contributed by atoms with Crippen LogP contribution in [0.5, 0.6) is 0 Å². The molecule has 18 heavy (non-hydrogen) atoms. The van der Waals surface area contributed by atoms with Crippen molar-refractivity contribution >= 4 is 17.5 Å². The summed E-state index contributed by atoms with van der Waals surface area (Å²) in [6, 6.07) is 4.07. The van der Waals surface area contributed by atoms with Crippen LogP contribution < -0.4 is 16.6 Å². The summed E-state index contributed by atoms with van der Waals surface area (Å²) in [7, 11) is 0. The van der Waals surface area contributed by atoms with Gasteiger partial charge in [-0.1, -0.05) is 6.07 Å². The van der Waals surface area contributed by atoms with Crippen molar-refractivity contribution in [1.29, 1.82) is 0 Å². The van der Waals surface area contributed by atoms with Crippen molar-refractivity contribution in [2.75, 3.05) is 6.54 Å². The molecule has 1 rings (SSSR count). The highest BCUT2D eigenvalue weighted by Gasteiger charge is 2.15. The van der Waals surface area contributed by atoms with Crippen LogP contribution >= 0.6 is 0 Å². The Morgan fingerprint density at radius 1 is 1.44 bits per heavy atom. The molecule has 0 atom stereocenters. The molecule has 4 N–H and O–H groups in total. The van der Waals surface area contributed by atoms with Crippen molar-refractivity contribution in [3.63, 3.8) is 0 Å². The number of nitrogens with one attached hydrogen (secondary N) is 2. The van der Waals surface area contributed by atoms with E-state index in [1.807, 2.05) is 5.43 Å². The molecule has 0 radical (unpaired) electrons. The first-order valence-electron chi connectivity index (χ1n) is 4.98. The van der Waals surface area contributed by atoms with E-state index in [1.165, 1.54) is 12.1 Å². The molecule has 0 unspecified atom stereocenters. The van der Waals surface area contributed by atoms with Crippen LogP contribution in [0.2, 0.25) is 0 Å². The third kappa shape index (κ3) is 3.25. The first-order valence-corrected chi connectivity index (χ1v) is 4.98. The maximum absolute atomic E-state index is 11.6. The van der Waals surface area contributed by atoms with E-state index < -0.39 is 16.7 Å². The summed E-state index contributed by atoms with van der Waals surface area (Å²) in [4.78, 5) is 32.5. The summed E-state index contributed by atoms with van der Waals surface area (Å²) in [6.45, 7) is 1.28. The van der Waals surface area contributed by atoms with Gasteiger partial charge in [-0.15, -0.1) is 0 Å². The Bertz CT molecular complexity index is 501. The number of nitro groups is 1. The van der Waals surface area contributed by atoms with Crippen molar-refractivity contribution in [2.45, 2.75) is 6.92 Å². The number of nitrogens with zero attached hydrogens (tertiary/aromatic N) is 1. The number of aryl methyl sites for hydroxylation is 1. The minimum absolute atomic E-state index is 0.108. The summed E-state index contributed by atoms with van der Waals surface area (Å²) in [6.07, 6.45) is 0. The summed E-state index contributed by atoms with van der Waals surface area (Å²) in [5.74, 6) is 3.69. The second kappa shape index (κ2) is 5.73. The zero-order chi connectivity index (χ0) is 13.7. The summed E-state index contributed by atoms with van der Waals surface area (Å²) < 4.78 is 0. The number of hydrogen-bond acceptors (Lipinski definition) is 5. The number of carbonyl (C=O) groups is 2. The van der Waals surface area contributed by atoms with E-state index >= 15 is 0 Å². The van der Waals surface area contributed by atoms with Crippen LogP contribution in [-0.4, -0.2) is 23.3 Å². The van der Waals surface area contributed by atoms with E-state index in [0.29, 0.717) is 5.56 Å². The van der Waals surface area contributed by atoms with E-state index in [-0.39, 0.29) is 17.8 Å². The molecular formula is C10H12N4O4. The first kappa shape index (κ1) is 13.6. The van der Waals surface area contributed by atoms with E-state index in [1.54, 1.807) is 6.92 Å². The number of nitro benzene ring substituents is 1. The minimum Gasteiger partial charge on any atom is -0.343 e. The molecule has 0 aliphatic carbocycles. The zero-order valence-corrected chi connectivity index (χ0v) is 9.60. The van der Waals surface area contributed by atoms with Crippen LogP contribution in [0.15, 0.2) is 18.2 Å². The fourth-order valence-electron chi connectivity index (χ4n) is 1.26. The van der Waals surface area contributed by atoms with E-state index in [9.17, 15) is 19.7 Å². The lowest BCUT2D eigenvalue weighted by molar-refractivity contribution is -0.385. The maximum atomic E-state index is 11.6. The quantitative estimate of drug-likeness (QED) is 0.291. The number of hydrogen-bond donors (Lipinski definition) is 3. The molecule has 0 aliphatic heterocycles. The molecule has 96 valence electrons. The fourth-order valence-corrected chi connectivity index (χ4v) is 1.26. The Hall–Kier alpha value is -2.48. The topological polar surface area (TPSA) is 127 Å². The Labute approximate surface area is 102 Å². The third-order valence-electron chi connectivity index (χ3n) is 2.24. The lowest BCUT2D eigenvalue weighted by Crippen LogP contribution is -2.40. The van der Waals surface area contributed by atoms with Crippen LogP contribution in [0.3, 0.4) is 0 Å². The Morgan fingerprint density at radius 2 is 2.11 bits per heavy atom. The average molecular weight is 252 g/mol. The minimum atomic E-state index is -0.582. The van der Waals surface area contributed by atoms with Crippen LogP contribution in [0.25, 0.3) is 0 Å². The molecule has 2 amide bonds. The van der Waals surface area contributed by atoms with Crippen molar-refractivity contribution < 1.29 is 14.5 Å². The Balaban J connectivity index is 2.84. The smallest absolute Gasteiger partial charge is 0.273 e. The lowest BCUT2D eigenvalue weighted by Gasteiger charge is -2.05. The van der Waals surface area contributed by atoms with Gasteiger partial charge in [-0.2, -0.15) is 0 Å². The molecule has 1 aromatic carbocycles. The van der Waals surface area contributed by atoms with Gasteiger partial charge in [0.2, 0.25) is 0 Å². The summed E-state index contributed by atoms with van der Waals surface area (Å²) in [5, 5.41) is 13.0. The third-order valence-corrected chi connectivity index (χ3v) is 2.24. The van der Waals surface area contributed by atoms with Gasteiger partial charge in [0.15, 0.2) is 0 Å². The molecule has 0 saturated carbocycles. The molecule has 8 heteroatoms. The van der Waals surface area contributed by atoms with Gasteiger partial charge in [-0.05, 0) is 13.0 Å². The van der Waals surface area contributed by atoms with Gasteiger partial charge in [0, 0.05) is 17.2 Å². The largest absolute Gasteiger partial charge is 0.343 e. The highest BCUT2D eigenvalue weighted by atomic mass is 16.6. The fraction of sp³-hybridized carbons (Fsp3) is 0.200. The number of carbonyl (C=O) groups excluding carboxylic acids is 2. The highest BCUT2D eigenvalue weighted by molar-refractivity contribution is 5.97. The molecule has 0 fully saturated rings. The molecule has 0 saturated heterocycles. The molecule has 0 bridgehead atoms. The van der Waals surface area contributed by atoms with Gasteiger partial charge < -0.3 is 5.32 Å². The van der Waals surface area contributed by atoms with Crippen molar-refractivity contribution in [3.05, 3.63) is 39.4 Å². The van der Waals surface area contributed by atoms with Gasteiger partial charge in [0.1, 0.15) is 0 Å². The van der Waals surface area contributed by atoms with E-state index in [0.717, 1.165) is 6.07 Å². The number of rotatable bonds is 4. The predicted molar refractivity (Wildman–Crippen MR) is 62.5 cm³/mol. The normalized spacial score (nSPS) is 9.67. The lowest BCUT2D eigenvalue weighted by atomic mass is 10.1. The highest BCUT2D eigenvalue weighted by Crippen LogP contribution is 2.18. The standard InChI is InChI=1S/C10H12N4O4/c1-6-2-3-7(4-8(6)14(17)18)10(16)12-5-9(15)13-11/h2-4H,5,11H2,1H3,(H,12,16)(H,13,15). The molecule has 0 spiro atoms. The van der Waals surface area contributed by atoms with E-state index in [4.69, 9.17) is 5.84 Å². The van der Waals surface area contributed by atoms with Gasteiger partial charge in [0.25, 0.3) is 17.5 Å². The van der Waals surface area contributed by atoms with Crippen LogP contribution in [0.4, 0.5) is 5.69 Å². The van der Waals surface area contributed by atoms with Gasteiger partial charge in [-0.3, -0.25) is 25.1 Å². The van der Waals surface area contributed by atoms with Gasteiger partial charge in [-0.25, -0.2) is 5.84 Å². The zero-order valence-electron chi connectivity index (χ0n) is 9.60. The first-order chi connectivity index (χ1) is 8.45. The number of amides is 2. The van der Waals surface area contributed by atoms with Crippen LogP contribution in [-0.2, 0) is 4.79 Å². The predicted octanol–water partition coefficient (Wildman–Crippen LogP) is -0.377. The van der Waals surface area contributed by atoms with Gasteiger partial charge in [0.05, 0.1) is 11.5 Å². The summed E-state index contributed by atoms with van der Waals surface area (Å²) >= 11 is 0. The SMILES string of the molecule is Cc1ccc(C(=O)NCC(=O)NN)cc1[N+](=O)[O-]. The number of nitrogens with two attached hydrogens (primary N) is 1. The van der Waals surface area contributed by atoms with Crippen LogP contribution in [0, 0.1) is 17.0 Å². The molecule has 0 heterocycles. The molecular weight excluding hydrogens is 240 g/mol. The maximum Gasteiger partial charge on any atom is 0.273 e. The van der Waals surface area contributed by atoms with Crippen molar-refractivity contribution in [3.8, 4) is 0 Å². The monoisotopic (exact) mass is 252 g/mol. The molecule has 1 aromatic rings. The van der Waals surface area contributed by atoms with E-state index in [2.05, 4.69) is 5.32 Å². The average Bonchev–Trinajstić information content (AvgIpc) is 2.35. The molecule has 0 aliphatic rings. The summed E-state index contributed by atoms with van der Waals surface area (Å²) in [5.41, 5.74) is 2.26. The second-order valence-electron chi connectivity index (χ2n) is 3.51. The van der Waals surface area contributed by atoms with Gasteiger partial charge >= 0.3 is 0 Å². The second-order valence-corrected chi connectivity index (χ2v) is 3.51. The van der Waals surface area contributed by atoms with Crippen molar-refractivity contribution in [1.82, 2.24) is 10.7 Å². The number of benzene rings is 1. The molecule has 8 nitrogen and oxygen atoms in total.